The van der Waals surface area contributed by atoms with Gasteiger partial charge >= 0.3 is 5.97 Å². The van der Waals surface area contributed by atoms with E-state index in [1.165, 1.54) is 25.1 Å². The van der Waals surface area contributed by atoms with Crippen molar-refractivity contribution in [2.75, 3.05) is 11.9 Å². The van der Waals surface area contributed by atoms with E-state index in [9.17, 15) is 19.7 Å². The molecule has 1 N–H and O–H groups in total. The lowest BCUT2D eigenvalue weighted by atomic mass is 10.1. The topological polar surface area (TPSA) is 111 Å². The van der Waals surface area contributed by atoms with E-state index in [0.717, 1.165) is 11.3 Å². The molecule has 126 valence electrons. The fourth-order valence-corrected chi connectivity index (χ4v) is 2.74. The van der Waals surface area contributed by atoms with Crippen molar-refractivity contribution in [2.45, 2.75) is 20.3 Å². The first-order chi connectivity index (χ1) is 11.4. The summed E-state index contributed by atoms with van der Waals surface area (Å²) in [5, 5.41) is 15.5. The number of carbonyl (C=O) groups excluding carboxylic acids is 2. The van der Waals surface area contributed by atoms with Crippen LogP contribution >= 0.6 is 11.3 Å². The van der Waals surface area contributed by atoms with Crippen LogP contribution in [0.4, 0.5) is 10.8 Å². The Bertz CT molecular complexity index is 787. The van der Waals surface area contributed by atoms with Gasteiger partial charge in [0.05, 0.1) is 23.6 Å². The first-order valence-electron chi connectivity index (χ1n) is 7.07. The van der Waals surface area contributed by atoms with Crippen LogP contribution in [-0.2, 0) is 16.0 Å². The first kappa shape index (κ1) is 17.5. The molecular formula is C15H15N3O5S. The lowest BCUT2D eigenvalue weighted by Crippen LogP contribution is -2.14. The number of hydrogen-bond donors (Lipinski definition) is 1. The number of nitro groups is 1. The summed E-state index contributed by atoms with van der Waals surface area (Å²) >= 11 is 1.16. The molecule has 0 bridgehead atoms. The number of ether oxygens (including phenoxy) is 1. The SMILES string of the molecule is CCOC(=O)Cc1csc(NC(=O)c2cccc([N+](=O)[O-])c2C)n1. The molecule has 1 amide bonds. The highest BCUT2D eigenvalue weighted by molar-refractivity contribution is 7.14. The van der Waals surface area contributed by atoms with Gasteiger partial charge in [-0.25, -0.2) is 4.98 Å². The molecule has 0 aliphatic heterocycles. The summed E-state index contributed by atoms with van der Waals surface area (Å²) in [4.78, 5) is 38.2. The van der Waals surface area contributed by atoms with Gasteiger partial charge in [0, 0.05) is 22.6 Å². The molecule has 1 aromatic heterocycles. The number of hydrogen-bond acceptors (Lipinski definition) is 7. The molecule has 1 aromatic carbocycles. The van der Waals surface area contributed by atoms with Gasteiger partial charge in [-0.3, -0.25) is 25.0 Å². The monoisotopic (exact) mass is 349 g/mol. The Labute approximate surface area is 141 Å². The van der Waals surface area contributed by atoms with Crippen molar-refractivity contribution in [2.24, 2.45) is 0 Å². The molecule has 0 saturated carbocycles. The fourth-order valence-electron chi connectivity index (χ4n) is 2.04. The number of esters is 1. The molecular weight excluding hydrogens is 334 g/mol. The van der Waals surface area contributed by atoms with Crippen LogP contribution in [0.3, 0.4) is 0 Å². The van der Waals surface area contributed by atoms with Crippen molar-refractivity contribution in [1.82, 2.24) is 4.98 Å². The summed E-state index contributed by atoms with van der Waals surface area (Å²) in [5.41, 5.74) is 0.851. The van der Waals surface area contributed by atoms with Gasteiger partial charge in [-0.05, 0) is 19.9 Å². The molecule has 24 heavy (non-hydrogen) atoms. The minimum Gasteiger partial charge on any atom is -0.466 e. The van der Waals surface area contributed by atoms with E-state index in [1.807, 2.05) is 0 Å². The van der Waals surface area contributed by atoms with Crippen LogP contribution in [-0.4, -0.2) is 28.4 Å². The van der Waals surface area contributed by atoms with E-state index in [-0.39, 0.29) is 23.2 Å². The normalized spacial score (nSPS) is 10.2. The van der Waals surface area contributed by atoms with Gasteiger partial charge in [0.2, 0.25) is 0 Å². The van der Waals surface area contributed by atoms with Crippen molar-refractivity contribution >= 4 is 34.0 Å². The molecule has 2 aromatic rings. The average molecular weight is 349 g/mol. The highest BCUT2D eigenvalue weighted by Gasteiger charge is 2.19. The number of nitrogens with one attached hydrogen (secondary N) is 1. The van der Waals surface area contributed by atoms with E-state index >= 15 is 0 Å². The number of benzene rings is 1. The quantitative estimate of drug-likeness (QED) is 0.487. The van der Waals surface area contributed by atoms with Gasteiger partial charge in [0.25, 0.3) is 11.6 Å². The maximum Gasteiger partial charge on any atom is 0.311 e. The zero-order valence-electron chi connectivity index (χ0n) is 13.1. The van der Waals surface area contributed by atoms with Crippen LogP contribution in [0.5, 0.6) is 0 Å². The minimum absolute atomic E-state index is 0.0239. The maximum atomic E-state index is 12.3. The summed E-state index contributed by atoms with van der Waals surface area (Å²) in [6, 6.07) is 4.30. The Morgan fingerprint density at radius 1 is 1.42 bits per heavy atom. The maximum absolute atomic E-state index is 12.3. The molecule has 8 nitrogen and oxygen atoms in total. The fraction of sp³-hybridized carbons (Fsp3) is 0.267. The number of carbonyl (C=O) groups is 2. The minimum atomic E-state index is -0.535. The van der Waals surface area contributed by atoms with Crippen molar-refractivity contribution < 1.29 is 19.2 Å². The van der Waals surface area contributed by atoms with E-state index in [0.29, 0.717) is 17.4 Å². The number of rotatable bonds is 6. The molecule has 0 fully saturated rings. The molecule has 1 heterocycles. The zero-order chi connectivity index (χ0) is 17.7. The number of anilines is 1. The first-order valence-corrected chi connectivity index (χ1v) is 7.95. The van der Waals surface area contributed by atoms with Crippen LogP contribution in [0.1, 0.15) is 28.5 Å². The van der Waals surface area contributed by atoms with E-state index in [1.54, 1.807) is 12.3 Å². The summed E-state index contributed by atoms with van der Waals surface area (Å²) in [5.74, 6) is -0.886. The summed E-state index contributed by atoms with van der Waals surface area (Å²) in [6.07, 6.45) is 0.0239. The summed E-state index contributed by atoms with van der Waals surface area (Å²) in [6.45, 7) is 3.52. The molecule has 0 atom stereocenters. The van der Waals surface area contributed by atoms with Gasteiger partial charge in [0.1, 0.15) is 0 Å². The highest BCUT2D eigenvalue weighted by Crippen LogP contribution is 2.23. The predicted octanol–water partition coefficient (Wildman–Crippen LogP) is 2.72. The Morgan fingerprint density at radius 2 is 2.17 bits per heavy atom. The Kier molecular flexibility index (Phi) is 5.59. The van der Waals surface area contributed by atoms with Crippen molar-refractivity contribution in [3.8, 4) is 0 Å². The zero-order valence-corrected chi connectivity index (χ0v) is 13.9. The van der Waals surface area contributed by atoms with E-state index < -0.39 is 16.8 Å². The van der Waals surface area contributed by atoms with Gasteiger partial charge in [-0.1, -0.05) is 6.07 Å². The molecule has 0 aliphatic carbocycles. The molecule has 0 aliphatic rings. The number of nitro benzene ring substituents is 1. The van der Waals surface area contributed by atoms with Crippen LogP contribution in [0.25, 0.3) is 0 Å². The predicted molar refractivity (Wildman–Crippen MR) is 88.2 cm³/mol. The van der Waals surface area contributed by atoms with Crippen LogP contribution in [0.2, 0.25) is 0 Å². The number of nitrogens with zero attached hydrogens (tertiary/aromatic N) is 2. The summed E-state index contributed by atoms with van der Waals surface area (Å²) < 4.78 is 4.83. The van der Waals surface area contributed by atoms with Crippen LogP contribution in [0.15, 0.2) is 23.6 Å². The number of amides is 1. The summed E-state index contributed by atoms with van der Waals surface area (Å²) in [7, 11) is 0. The van der Waals surface area contributed by atoms with Crippen LogP contribution in [0, 0.1) is 17.0 Å². The molecule has 0 spiro atoms. The van der Waals surface area contributed by atoms with E-state index in [4.69, 9.17) is 4.74 Å². The van der Waals surface area contributed by atoms with Crippen LogP contribution < -0.4 is 5.32 Å². The Balaban J connectivity index is 2.11. The third kappa shape index (κ3) is 4.13. The standard InChI is InChI=1S/C15H15N3O5S/c1-3-23-13(19)7-10-8-24-15(16-10)17-14(20)11-5-4-6-12(9(11)2)18(21)22/h4-6,8H,3,7H2,1-2H3,(H,16,17,20). The Morgan fingerprint density at radius 3 is 2.83 bits per heavy atom. The third-order valence-electron chi connectivity index (χ3n) is 3.15. The lowest BCUT2D eigenvalue weighted by molar-refractivity contribution is -0.385. The molecule has 2 rings (SSSR count). The molecule has 0 radical (unpaired) electrons. The highest BCUT2D eigenvalue weighted by atomic mass is 32.1. The number of thiazole rings is 1. The second-order valence-corrected chi connectivity index (χ2v) is 5.64. The smallest absolute Gasteiger partial charge is 0.311 e. The van der Waals surface area contributed by atoms with Crippen molar-refractivity contribution in [3.05, 3.63) is 50.5 Å². The molecule has 0 unspecified atom stereocenters. The molecule has 9 heteroatoms. The van der Waals surface area contributed by atoms with E-state index in [2.05, 4.69) is 10.3 Å². The molecule has 0 saturated heterocycles. The number of aromatic nitrogens is 1. The van der Waals surface area contributed by atoms with Gasteiger partial charge in [0.15, 0.2) is 5.13 Å². The van der Waals surface area contributed by atoms with Crippen molar-refractivity contribution in [1.29, 1.82) is 0 Å². The second kappa shape index (κ2) is 7.64. The Hall–Kier alpha value is -2.81. The lowest BCUT2D eigenvalue weighted by Gasteiger charge is -2.05. The second-order valence-electron chi connectivity index (χ2n) is 4.79. The third-order valence-corrected chi connectivity index (χ3v) is 3.96. The largest absolute Gasteiger partial charge is 0.466 e. The average Bonchev–Trinajstić information content (AvgIpc) is 2.94. The van der Waals surface area contributed by atoms with Gasteiger partial charge in [-0.2, -0.15) is 0 Å². The van der Waals surface area contributed by atoms with Gasteiger partial charge < -0.3 is 4.74 Å². The van der Waals surface area contributed by atoms with Crippen molar-refractivity contribution in [3.63, 3.8) is 0 Å². The van der Waals surface area contributed by atoms with Gasteiger partial charge in [-0.15, -0.1) is 11.3 Å².